The number of halogens is 1. The van der Waals surface area contributed by atoms with Crippen LogP contribution in [0.5, 0.6) is 0 Å². The molecule has 0 aliphatic heterocycles. The monoisotopic (exact) mass is 195 g/mol. The normalized spacial score (nSPS) is 27.8. The summed E-state index contributed by atoms with van der Waals surface area (Å²) in [5, 5.41) is 0.801. The molecule has 0 saturated heterocycles. The summed E-state index contributed by atoms with van der Waals surface area (Å²) in [6.45, 7) is 0. The maximum Gasteiger partial charge on any atom is 0.0406 e. The van der Waals surface area contributed by atoms with E-state index in [1.165, 1.54) is 18.4 Å². The first-order valence-electron chi connectivity index (χ1n) is 4.78. The molecule has 0 spiro atoms. The lowest BCUT2D eigenvalue weighted by atomic mass is 9.95. The Morgan fingerprint density at radius 1 is 1.15 bits per heavy atom. The Kier molecular flexibility index (Phi) is 2.56. The van der Waals surface area contributed by atoms with Gasteiger partial charge >= 0.3 is 0 Å². The fourth-order valence-corrected chi connectivity index (χ4v) is 2.24. The maximum absolute atomic E-state index is 6.02. The Morgan fingerprint density at radius 2 is 1.85 bits per heavy atom. The molecule has 1 fully saturated rings. The second-order valence-electron chi connectivity index (χ2n) is 3.75. The molecule has 1 nitrogen and oxygen atoms in total. The third kappa shape index (κ3) is 1.87. The van der Waals surface area contributed by atoms with Gasteiger partial charge in [-0.1, -0.05) is 30.2 Å². The third-order valence-corrected chi connectivity index (χ3v) is 3.12. The van der Waals surface area contributed by atoms with Crippen molar-refractivity contribution in [3.63, 3.8) is 0 Å². The first-order chi connectivity index (χ1) is 6.27. The van der Waals surface area contributed by atoms with Crippen LogP contribution in [0.4, 0.5) is 0 Å². The second-order valence-corrected chi connectivity index (χ2v) is 4.19. The van der Waals surface area contributed by atoms with E-state index in [0.29, 0.717) is 12.0 Å². The minimum Gasteiger partial charge on any atom is -0.327 e. The van der Waals surface area contributed by atoms with Gasteiger partial charge in [0.15, 0.2) is 0 Å². The van der Waals surface area contributed by atoms with Gasteiger partial charge in [0.05, 0.1) is 0 Å². The van der Waals surface area contributed by atoms with E-state index in [2.05, 4.69) is 12.1 Å². The molecule has 0 aromatic heterocycles. The third-order valence-electron chi connectivity index (χ3n) is 2.87. The van der Waals surface area contributed by atoms with Gasteiger partial charge in [-0.05, 0) is 36.5 Å². The van der Waals surface area contributed by atoms with Gasteiger partial charge in [-0.15, -0.1) is 0 Å². The zero-order valence-corrected chi connectivity index (χ0v) is 8.30. The van der Waals surface area contributed by atoms with Crippen LogP contribution in [0.1, 0.15) is 30.7 Å². The van der Waals surface area contributed by atoms with E-state index < -0.39 is 0 Å². The quantitative estimate of drug-likeness (QED) is 0.733. The fourth-order valence-electron chi connectivity index (χ4n) is 2.11. The van der Waals surface area contributed by atoms with Crippen LogP contribution in [-0.4, -0.2) is 6.04 Å². The topological polar surface area (TPSA) is 26.0 Å². The Hall–Kier alpha value is -0.530. The van der Waals surface area contributed by atoms with Gasteiger partial charge in [-0.2, -0.15) is 0 Å². The van der Waals surface area contributed by atoms with E-state index in [1.807, 2.05) is 12.1 Å². The second kappa shape index (κ2) is 3.69. The molecule has 2 heteroatoms. The highest BCUT2D eigenvalue weighted by Crippen LogP contribution is 2.33. The Labute approximate surface area is 83.9 Å². The molecule has 2 unspecified atom stereocenters. The van der Waals surface area contributed by atoms with Gasteiger partial charge in [-0.25, -0.2) is 0 Å². The SMILES string of the molecule is NC1CCCC1c1ccc(Cl)cc1. The van der Waals surface area contributed by atoms with Crippen molar-refractivity contribution >= 4 is 11.6 Å². The summed E-state index contributed by atoms with van der Waals surface area (Å²) in [6, 6.07) is 8.43. The summed E-state index contributed by atoms with van der Waals surface area (Å²) < 4.78 is 0. The summed E-state index contributed by atoms with van der Waals surface area (Å²) in [6.07, 6.45) is 3.64. The van der Waals surface area contributed by atoms with Gasteiger partial charge in [0, 0.05) is 11.1 Å². The van der Waals surface area contributed by atoms with Crippen molar-refractivity contribution in [3.05, 3.63) is 34.9 Å². The van der Waals surface area contributed by atoms with Crippen LogP contribution in [-0.2, 0) is 0 Å². The Bertz CT molecular complexity index is 281. The fraction of sp³-hybridized carbons (Fsp3) is 0.455. The van der Waals surface area contributed by atoms with Gasteiger partial charge in [0.1, 0.15) is 0 Å². The molecule has 0 heterocycles. The van der Waals surface area contributed by atoms with Crippen molar-refractivity contribution in [2.75, 3.05) is 0 Å². The molecule has 2 N–H and O–H groups in total. The van der Waals surface area contributed by atoms with Crippen LogP contribution < -0.4 is 5.73 Å². The molecular formula is C11H14ClN. The average Bonchev–Trinajstić information content (AvgIpc) is 2.53. The Morgan fingerprint density at radius 3 is 2.38 bits per heavy atom. The highest BCUT2D eigenvalue weighted by molar-refractivity contribution is 6.30. The molecule has 2 rings (SSSR count). The average molecular weight is 196 g/mol. The summed E-state index contributed by atoms with van der Waals surface area (Å²) in [5.41, 5.74) is 7.36. The summed E-state index contributed by atoms with van der Waals surface area (Å²) in [4.78, 5) is 0. The van der Waals surface area contributed by atoms with Crippen LogP contribution in [0.25, 0.3) is 0 Å². The first kappa shape index (κ1) is 9.04. The van der Waals surface area contributed by atoms with Crippen molar-refractivity contribution in [2.45, 2.75) is 31.2 Å². The molecule has 0 amide bonds. The van der Waals surface area contributed by atoms with Gasteiger partial charge in [-0.3, -0.25) is 0 Å². The van der Waals surface area contributed by atoms with Crippen molar-refractivity contribution in [3.8, 4) is 0 Å². The van der Waals surface area contributed by atoms with Gasteiger partial charge in [0.2, 0.25) is 0 Å². The predicted octanol–water partition coefficient (Wildman–Crippen LogP) is 2.93. The van der Waals surface area contributed by atoms with Crippen molar-refractivity contribution in [2.24, 2.45) is 5.73 Å². The van der Waals surface area contributed by atoms with E-state index in [1.54, 1.807) is 0 Å². The summed E-state index contributed by atoms with van der Waals surface area (Å²) in [5.74, 6) is 0.553. The summed E-state index contributed by atoms with van der Waals surface area (Å²) >= 11 is 5.82. The maximum atomic E-state index is 6.02. The van der Waals surface area contributed by atoms with E-state index >= 15 is 0 Å². The van der Waals surface area contributed by atoms with Crippen LogP contribution in [0.2, 0.25) is 5.02 Å². The molecule has 1 aliphatic carbocycles. The van der Waals surface area contributed by atoms with Crippen molar-refractivity contribution in [1.82, 2.24) is 0 Å². The predicted molar refractivity (Wildman–Crippen MR) is 56.0 cm³/mol. The molecule has 1 aliphatic rings. The number of hydrogen-bond donors (Lipinski definition) is 1. The van der Waals surface area contributed by atoms with Crippen LogP contribution >= 0.6 is 11.6 Å². The molecular weight excluding hydrogens is 182 g/mol. The molecule has 0 bridgehead atoms. The first-order valence-corrected chi connectivity index (χ1v) is 5.16. The van der Waals surface area contributed by atoms with E-state index in [0.717, 1.165) is 11.4 Å². The van der Waals surface area contributed by atoms with Crippen molar-refractivity contribution < 1.29 is 0 Å². The van der Waals surface area contributed by atoms with Crippen LogP contribution in [0.15, 0.2) is 24.3 Å². The lowest BCUT2D eigenvalue weighted by Gasteiger charge is -2.15. The molecule has 70 valence electrons. The van der Waals surface area contributed by atoms with Crippen LogP contribution in [0.3, 0.4) is 0 Å². The highest BCUT2D eigenvalue weighted by Gasteiger charge is 2.24. The summed E-state index contributed by atoms with van der Waals surface area (Å²) in [7, 11) is 0. The zero-order chi connectivity index (χ0) is 9.26. The number of hydrogen-bond acceptors (Lipinski definition) is 1. The van der Waals surface area contributed by atoms with Crippen molar-refractivity contribution in [1.29, 1.82) is 0 Å². The number of nitrogens with two attached hydrogens (primary N) is 1. The lowest BCUT2D eigenvalue weighted by Crippen LogP contribution is -2.22. The Balaban J connectivity index is 2.20. The lowest BCUT2D eigenvalue weighted by molar-refractivity contribution is 0.613. The largest absolute Gasteiger partial charge is 0.327 e. The van der Waals surface area contributed by atoms with E-state index in [-0.39, 0.29) is 0 Å². The highest BCUT2D eigenvalue weighted by atomic mass is 35.5. The van der Waals surface area contributed by atoms with Gasteiger partial charge in [0.25, 0.3) is 0 Å². The minimum absolute atomic E-state index is 0.348. The molecule has 0 radical (unpaired) electrons. The standard InChI is InChI=1S/C11H14ClN/c12-9-6-4-8(5-7-9)10-2-1-3-11(10)13/h4-7,10-11H,1-3,13H2. The van der Waals surface area contributed by atoms with E-state index in [9.17, 15) is 0 Å². The smallest absolute Gasteiger partial charge is 0.0406 e. The zero-order valence-electron chi connectivity index (χ0n) is 7.54. The minimum atomic E-state index is 0.348. The molecule has 13 heavy (non-hydrogen) atoms. The number of rotatable bonds is 1. The molecule has 1 aromatic carbocycles. The van der Waals surface area contributed by atoms with Gasteiger partial charge < -0.3 is 5.73 Å². The number of benzene rings is 1. The van der Waals surface area contributed by atoms with E-state index in [4.69, 9.17) is 17.3 Å². The molecule has 1 saturated carbocycles. The van der Waals surface area contributed by atoms with Crippen LogP contribution in [0, 0.1) is 0 Å². The molecule has 1 aromatic rings. The molecule has 2 atom stereocenters.